The van der Waals surface area contributed by atoms with E-state index in [0.717, 1.165) is 11.1 Å². The van der Waals surface area contributed by atoms with E-state index in [4.69, 9.17) is 19.5 Å². The maximum absolute atomic E-state index is 5.82. The van der Waals surface area contributed by atoms with E-state index in [1.165, 1.54) is 5.56 Å². The Morgan fingerprint density at radius 3 is 1.58 bits per heavy atom. The van der Waals surface area contributed by atoms with Gasteiger partial charge in [-0.3, -0.25) is 9.98 Å². The van der Waals surface area contributed by atoms with Gasteiger partial charge in [0.15, 0.2) is 0 Å². The first-order valence-corrected chi connectivity index (χ1v) is 12.2. The topological polar surface area (TPSA) is 43.2 Å². The molecule has 0 saturated carbocycles. The molecule has 0 spiro atoms. The number of hydrogen-bond donors (Lipinski definition) is 0. The van der Waals surface area contributed by atoms with Gasteiger partial charge >= 0.3 is 30.6 Å². The van der Waals surface area contributed by atoms with Crippen LogP contribution in [0, 0.1) is 6.07 Å². The van der Waals surface area contributed by atoms with Gasteiger partial charge in [0.25, 0.3) is 0 Å². The summed E-state index contributed by atoms with van der Waals surface area (Å²) in [7, 11) is 0. The minimum absolute atomic E-state index is 0.00195. The van der Waals surface area contributed by atoms with Crippen LogP contribution in [0.15, 0.2) is 22.1 Å². The zero-order valence-electron chi connectivity index (χ0n) is 16.5. The summed E-state index contributed by atoms with van der Waals surface area (Å²) < 4.78 is 11.6. The van der Waals surface area contributed by atoms with Crippen LogP contribution >= 0.6 is 13.4 Å². The van der Waals surface area contributed by atoms with Gasteiger partial charge in [0.1, 0.15) is 25.0 Å². The molecular formula is C20H27BrN2O2Pd. The van der Waals surface area contributed by atoms with Crippen LogP contribution in [0.5, 0.6) is 0 Å². The van der Waals surface area contributed by atoms with E-state index in [2.05, 4.69) is 97.3 Å². The number of rotatable bonds is 2. The van der Waals surface area contributed by atoms with Gasteiger partial charge in [0.2, 0.25) is 0 Å². The van der Waals surface area contributed by atoms with Crippen molar-refractivity contribution < 1.29 is 26.7 Å². The fourth-order valence-corrected chi connectivity index (χ4v) is 2.68. The van der Waals surface area contributed by atoms with E-state index in [0.29, 0.717) is 25.0 Å². The molecule has 0 unspecified atom stereocenters. The van der Waals surface area contributed by atoms with Crippen LogP contribution in [0.4, 0.5) is 0 Å². The Morgan fingerprint density at radius 2 is 1.31 bits per heavy atom. The summed E-state index contributed by atoms with van der Waals surface area (Å²) in [4.78, 5) is 9.39. The van der Waals surface area contributed by atoms with E-state index in [-0.39, 0.29) is 16.5 Å². The van der Waals surface area contributed by atoms with Crippen molar-refractivity contribution in [2.24, 2.45) is 9.98 Å². The molecular weight excluding hydrogens is 487 g/mol. The molecule has 2 aliphatic rings. The molecule has 0 bridgehead atoms. The van der Waals surface area contributed by atoms with Gasteiger partial charge in [0.05, 0.1) is 11.1 Å². The Balaban J connectivity index is 0.00000117. The molecule has 0 aromatic heterocycles. The normalized spacial score (nSPS) is 20.4. The van der Waals surface area contributed by atoms with Crippen LogP contribution in [-0.2, 0) is 32.1 Å². The fraction of sp³-hybridized carbons (Fsp3) is 0.600. The van der Waals surface area contributed by atoms with Crippen LogP contribution in [0.1, 0.15) is 65.2 Å². The molecule has 0 atom stereocenters. The molecule has 2 heterocycles. The van der Waals surface area contributed by atoms with Crippen LogP contribution in [0.2, 0.25) is 0 Å². The van der Waals surface area contributed by atoms with Gasteiger partial charge in [-0.1, -0.05) is 31.9 Å². The summed E-state index contributed by atoms with van der Waals surface area (Å²) in [6.07, 6.45) is 0. The van der Waals surface area contributed by atoms with Crippen molar-refractivity contribution in [1.82, 2.24) is 0 Å². The van der Waals surface area contributed by atoms with Crippen molar-refractivity contribution >= 4 is 25.2 Å². The summed E-state index contributed by atoms with van der Waals surface area (Å²) in [6.45, 7) is 16.0. The first kappa shape index (κ1) is 21.6. The number of benzene rings is 1. The number of hydrogen-bond acceptors (Lipinski definition) is 4. The first-order valence-electron chi connectivity index (χ1n) is 8.61. The Hall–Kier alpha value is -0.698. The number of halogens is 1. The van der Waals surface area contributed by atoms with Crippen molar-refractivity contribution in [3.05, 3.63) is 34.9 Å². The number of aliphatic imine (C=N–C) groups is 2. The molecule has 26 heavy (non-hydrogen) atoms. The molecule has 2 aliphatic heterocycles. The number of nitrogens with zero attached hydrogens (tertiary/aromatic N) is 2. The van der Waals surface area contributed by atoms with Crippen molar-refractivity contribution in [1.29, 1.82) is 0 Å². The van der Waals surface area contributed by atoms with Crippen LogP contribution in [0.3, 0.4) is 0 Å². The third-order valence-corrected chi connectivity index (χ3v) is 4.13. The molecule has 146 valence electrons. The quantitative estimate of drug-likeness (QED) is 0.424. The maximum atomic E-state index is 5.82. The number of ether oxygens (including phenoxy) is 2. The molecule has 6 heteroatoms. The predicted octanol–water partition coefficient (Wildman–Crippen LogP) is 4.74. The van der Waals surface area contributed by atoms with E-state index < -0.39 is 0 Å². The molecule has 0 amide bonds. The third-order valence-electron chi connectivity index (χ3n) is 4.13. The minimum atomic E-state index is -0.190. The Kier molecular flexibility index (Phi) is 6.43. The Bertz CT molecular complexity index is 682. The fourth-order valence-electron chi connectivity index (χ4n) is 2.68. The van der Waals surface area contributed by atoms with Gasteiger partial charge in [0, 0.05) is 0 Å². The second-order valence-electron chi connectivity index (χ2n) is 8.98. The molecule has 0 N–H and O–H groups in total. The van der Waals surface area contributed by atoms with Crippen molar-refractivity contribution in [2.45, 2.75) is 65.0 Å². The molecule has 3 rings (SSSR count). The summed E-state index contributed by atoms with van der Waals surface area (Å²) in [5.41, 5.74) is 2.56. The van der Waals surface area contributed by atoms with E-state index in [1.54, 1.807) is 0 Å². The molecule has 4 nitrogen and oxygen atoms in total. The van der Waals surface area contributed by atoms with Crippen LogP contribution in [-0.4, -0.2) is 36.1 Å². The van der Waals surface area contributed by atoms with Crippen molar-refractivity contribution in [3.8, 4) is 0 Å². The zero-order valence-corrected chi connectivity index (χ0v) is 19.6. The average Bonchev–Trinajstić information content (AvgIpc) is 3.10. The van der Waals surface area contributed by atoms with Crippen molar-refractivity contribution in [3.63, 3.8) is 0 Å². The average molecular weight is 514 g/mol. The van der Waals surface area contributed by atoms with Gasteiger partial charge in [-0.25, -0.2) is 0 Å². The standard InChI is InChI=1S/C20H27N2O2.BrH.Pd/c1-18(2,3)15-9-13(16-21-19(4,5)11-23-16)8-14(10-15)17-22-20(6,7)12-24-17;;/h9-10H,11-12H2,1-7H3;1H;/q-1;;+2/p-1. The molecule has 1 aromatic carbocycles. The van der Waals surface area contributed by atoms with Crippen LogP contribution in [0.25, 0.3) is 0 Å². The van der Waals surface area contributed by atoms with Gasteiger partial charge in [-0.2, -0.15) is 0 Å². The first-order chi connectivity index (χ1) is 12.0. The van der Waals surface area contributed by atoms with Gasteiger partial charge in [-0.15, -0.1) is 23.8 Å². The summed E-state index contributed by atoms with van der Waals surface area (Å²) in [5.74, 6) is 1.32. The van der Waals surface area contributed by atoms with Gasteiger partial charge in [-0.05, 0) is 33.1 Å². The monoisotopic (exact) mass is 512 g/mol. The molecule has 1 aromatic rings. The predicted molar refractivity (Wildman–Crippen MR) is 106 cm³/mol. The third kappa shape index (κ3) is 5.18. The molecule has 0 saturated heterocycles. The zero-order chi connectivity index (χ0) is 19.8. The van der Waals surface area contributed by atoms with E-state index in [1.807, 2.05) is 0 Å². The second kappa shape index (κ2) is 7.74. The summed E-state index contributed by atoms with van der Waals surface area (Å²) in [5, 5.41) is 0. The van der Waals surface area contributed by atoms with E-state index in [9.17, 15) is 0 Å². The summed E-state index contributed by atoms with van der Waals surface area (Å²) in [6, 6.07) is 7.64. The second-order valence-corrected chi connectivity index (χ2v) is 8.98. The van der Waals surface area contributed by atoms with Crippen molar-refractivity contribution in [2.75, 3.05) is 13.2 Å². The van der Waals surface area contributed by atoms with Gasteiger partial charge < -0.3 is 9.47 Å². The van der Waals surface area contributed by atoms with E-state index >= 15 is 0 Å². The summed E-state index contributed by atoms with van der Waals surface area (Å²) >= 11 is 5.35. The molecule has 0 aliphatic carbocycles. The Morgan fingerprint density at radius 1 is 0.923 bits per heavy atom. The SMILES string of the molecule is CC1(C)COC(c2[c-]c(C3=NC(C)(C)CO3)cc(C(C)(C)C)c2)=N1.[Br][Pd+]. The molecule has 0 fully saturated rings. The molecule has 0 radical (unpaired) electrons. The Labute approximate surface area is 174 Å². The van der Waals surface area contributed by atoms with Crippen LogP contribution < -0.4 is 0 Å².